The van der Waals surface area contributed by atoms with E-state index in [1.54, 1.807) is 24.3 Å². The van der Waals surface area contributed by atoms with Gasteiger partial charge in [0.25, 0.3) is 0 Å². The van der Waals surface area contributed by atoms with Crippen LogP contribution in [-0.4, -0.2) is 5.78 Å². The molecule has 0 aliphatic carbocycles. The summed E-state index contributed by atoms with van der Waals surface area (Å²) in [6.07, 6.45) is 0.157. The summed E-state index contributed by atoms with van der Waals surface area (Å²) in [6.45, 7) is 4.00. The standard InChI is InChI=1S/C10H7Cl2NO.C2H6/c11-9-2-1-7(6-10(9)12)5-8(14)3-4-13;1-2/h1-2,6H,3,5H2;1-2H3. The molecular formula is C12H13Cl2NO. The molecule has 0 saturated heterocycles. The Morgan fingerprint density at radius 1 is 1.31 bits per heavy atom. The summed E-state index contributed by atoms with van der Waals surface area (Å²) in [5.74, 6) is -0.120. The third kappa shape index (κ3) is 5.16. The predicted molar refractivity (Wildman–Crippen MR) is 66.8 cm³/mol. The number of rotatable bonds is 3. The first-order valence-corrected chi connectivity index (χ1v) is 5.71. The molecule has 0 fully saturated rings. The molecule has 1 aromatic rings. The second kappa shape index (κ2) is 8.15. The van der Waals surface area contributed by atoms with Crippen LogP contribution in [-0.2, 0) is 11.2 Å². The molecule has 1 rings (SSSR count). The van der Waals surface area contributed by atoms with Gasteiger partial charge in [0.2, 0.25) is 0 Å². The van der Waals surface area contributed by atoms with E-state index in [0.717, 1.165) is 5.56 Å². The van der Waals surface area contributed by atoms with E-state index >= 15 is 0 Å². The molecule has 0 aromatic heterocycles. The summed E-state index contributed by atoms with van der Waals surface area (Å²) in [7, 11) is 0. The van der Waals surface area contributed by atoms with Gasteiger partial charge in [-0.3, -0.25) is 4.79 Å². The van der Waals surface area contributed by atoms with Crippen molar-refractivity contribution in [1.82, 2.24) is 0 Å². The molecule has 0 N–H and O–H groups in total. The number of hydrogen-bond donors (Lipinski definition) is 0. The highest BCUT2D eigenvalue weighted by molar-refractivity contribution is 6.42. The molecule has 0 heterocycles. The van der Waals surface area contributed by atoms with Crippen molar-refractivity contribution >= 4 is 29.0 Å². The SMILES string of the molecule is CC.N#CCC(=O)Cc1ccc(Cl)c(Cl)c1. The van der Waals surface area contributed by atoms with Crippen LogP contribution in [0.4, 0.5) is 0 Å². The van der Waals surface area contributed by atoms with E-state index in [0.29, 0.717) is 10.0 Å². The largest absolute Gasteiger partial charge is 0.298 e. The Hall–Kier alpha value is -1.04. The number of carbonyl (C=O) groups is 1. The minimum absolute atomic E-state index is 0.0692. The molecule has 0 amide bonds. The molecule has 1 aromatic carbocycles. The molecule has 0 saturated carbocycles. The molecule has 2 nitrogen and oxygen atoms in total. The number of benzene rings is 1. The van der Waals surface area contributed by atoms with Crippen LogP contribution in [0.1, 0.15) is 25.8 Å². The maximum atomic E-state index is 11.1. The second-order valence-corrected chi connectivity index (χ2v) is 3.61. The molecular weight excluding hydrogens is 245 g/mol. The van der Waals surface area contributed by atoms with Crippen LogP contribution in [0.2, 0.25) is 10.0 Å². The van der Waals surface area contributed by atoms with Crippen molar-refractivity contribution in [2.45, 2.75) is 26.7 Å². The Morgan fingerprint density at radius 2 is 1.94 bits per heavy atom. The van der Waals surface area contributed by atoms with Gasteiger partial charge in [-0.2, -0.15) is 5.26 Å². The van der Waals surface area contributed by atoms with Crippen molar-refractivity contribution in [3.05, 3.63) is 33.8 Å². The number of Topliss-reactive ketones (excluding diaryl/α,β-unsaturated/α-hetero) is 1. The van der Waals surface area contributed by atoms with Crippen LogP contribution in [0.25, 0.3) is 0 Å². The third-order valence-corrected chi connectivity index (χ3v) is 2.40. The lowest BCUT2D eigenvalue weighted by Crippen LogP contribution is -2.00. The van der Waals surface area contributed by atoms with Crippen LogP contribution in [0.15, 0.2) is 18.2 Å². The van der Waals surface area contributed by atoms with Gasteiger partial charge in [-0.05, 0) is 17.7 Å². The van der Waals surface area contributed by atoms with E-state index < -0.39 is 0 Å². The van der Waals surface area contributed by atoms with Gasteiger partial charge in [0, 0.05) is 6.42 Å². The lowest BCUT2D eigenvalue weighted by atomic mass is 10.1. The minimum atomic E-state index is -0.120. The van der Waals surface area contributed by atoms with Crippen LogP contribution in [0, 0.1) is 11.3 Å². The van der Waals surface area contributed by atoms with Gasteiger partial charge in [-0.25, -0.2) is 0 Å². The lowest BCUT2D eigenvalue weighted by molar-refractivity contribution is -0.117. The molecule has 0 atom stereocenters. The van der Waals surface area contributed by atoms with Crippen molar-refractivity contribution in [3.8, 4) is 6.07 Å². The van der Waals surface area contributed by atoms with E-state index in [4.69, 9.17) is 28.5 Å². The maximum absolute atomic E-state index is 11.1. The minimum Gasteiger partial charge on any atom is -0.298 e. The van der Waals surface area contributed by atoms with E-state index in [9.17, 15) is 4.79 Å². The number of nitrogens with zero attached hydrogens (tertiary/aromatic N) is 1. The third-order valence-electron chi connectivity index (χ3n) is 1.66. The number of hydrogen-bond acceptors (Lipinski definition) is 2. The fraction of sp³-hybridized carbons (Fsp3) is 0.333. The topological polar surface area (TPSA) is 40.9 Å². The van der Waals surface area contributed by atoms with Gasteiger partial charge >= 0.3 is 0 Å². The fourth-order valence-electron chi connectivity index (χ4n) is 1.03. The van der Waals surface area contributed by atoms with Crippen molar-refractivity contribution in [1.29, 1.82) is 5.26 Å². The first-order valence-electron chi connectivity index (χ1n) is 4.96. The van der Waals surface area contributed by atoms with E-state index in [-0.39, 0.29) is 18.6 Å². The van der Waals surface area contributed by atoms with Crippen molar-refractivity contribution < 1.29 is 4.79 Å². The van der Waals surface area contributed by atoms with Gasteiger partial charge in [-0.1, -0.05) is 43.1 Å². The number of halogens is 2. The zero-order valence-electron chi connectivity index (χ0n) is 9.26. The van der Waals surface area contributed by atoms with E-state index in [2.05, 4.69) is 0 Å². The highest BCUT2D eigenvalue weighted by Gasteiger charge is 2.04. The first kappa shape index (κ1) is 15.0. The summed E-state index contributed by atoms with van der Waals surface area (Å²) in [6, 6.07) is 6.81. The van der Waals surface area contributed by atoms with Crippen LogP contribution in [0.5, 0.6) is 0 Å². The number of carbonyl (C=O) groups excluding carboxylic acids is 1. The Labute approximate surface area is 106 Å². The fourth-order valence-corrected chi connectivity index (χ4v) is 1.35. The summed E-state index contributed by atoms with van der Waals surface area (Å²) >= 11 is 11.5. The van der Waals surface area contributed by atoms with Crippen molar-refractivity contribution in [2.24, 2.45) is 0 Å². The van der Waals surface area contributed by atoms with E-state index in [1.807, 2.05) is 13.8 Å². The van der Waals surface area contributed by atoms with Gasteiger partial charge < -0.3 is 0 Å². The molecule has 0 spiro atoms. The van der Waals surface area contributed by atoms with Gasteiger partial charge in [0.05, 0.1) is 22.5 Å². The zero-order chi connectivity index (χ0) is 12.6. The van der Waals surface area contributed by atoms with E-state index in [1.165, 1.54) is 0 Å². The second-order valence-electron chi connectivity index (χ2n) is 2.80. The average molecular weight is 258 g/mol. The molecule has 0 aliphatic heterocycles. The van der Waals surface area contributed by atoms with Gasteiger partial charge in [0.15, 0.2) is 5.78 Å². The number of nitriles is 1. The number of ketones is 1. The Morgan fingerprint density at radius 3 is 2.44 bits per heavy atom. The lowest BCUT2D eigenvalue weighted by Gasteiger charge is -2.00. The van der Waals surface area contributed by atoms with Gasteiger partial charge in [-0.15, -0.1) is 0 Å². The smallest absolute Gasteiger partial charge is 0.151 e. The zero-order valence-corrected chi connectivity index (χ0v) is 10.8. The van der Waals surface area contributed by atoms with Gasteiger partial charge in [0.1, 0.15) is 0 Å². The molecule has 0 bridgehead atoms. The molecule has 0 unspecified atom stereocenters. The molecule has 0 radical (unpaired) electrons. The summed E-state index contributed by atoms with van der Waals surface area (Å²) < 4.78 is 0. The molecule has 0 aliphatic rings. The van der Waals surface area contributed by atoms with Crippen molar-refractivity contribution in [2.75, 3.05) is 0 Å². The van der Waals surface area contributed by atoms with Crippen LogP contribution < -0.4 is 0 Å². The Balaban J connectivity index is 0.00000106. The Bertz CT molecular complexity index is 396. The van der Waals surface area contributed by atoms with Crippen molar-refractivity contribution in [3.63, 3.8) is 0 Å². The maximum Gasteiger partial charge on any atom is 0.151 e. The monoisotopic (exact) mass is 257 g/mol. The summed E-state index contributed by atoms with van der Waals surface area (Å²) in [5, 5.41) is 9.18. The first-order chi connectivity index (χ1) is 7.63. The highest BCUT2D eigenvalue weighted by atomic mass is 35.5. The summed E-state index contributed by atoms with van der Waals surface area (Å²) in [4.78, 5) is 11.1. The van der Waals surface area contributed by atoms with Crippen LogP contribution in [0.3, 0.4) is 0 Å². The Kier molecular flexibility index (Phi) is 7.62. The quantitative estimate of drug-likeness (QED) is 0.820. The average Bonchev–Trinajstić information content (AvgIpc) is 2.27. The predicted octanol–water partition coefficient (Wildman–Crippen LogP) is 4.04. The van der Waals surface area contributed by atoms with Crippen LogP contribution >= 0.6 is 23.2 Å². The molecule has 86 valence electrons. The summed E-state index contributed by atoms with van der Waals surface area (Å²) in [5.41, 5.74) is 0.777. The highest BCUT2D eigenvalue weighted by Crippen LogP contribution is 2.22. The molecule has 4 heteroatoms. The normalized spacial score (nSPS) is 8.69. The molecule has 16 heavy (non-hydrogen) atoms.